The number of nitrogens with one attached hydrogen (secondary N) is 1. The molecule has 1 fully saturated rings. The Bertz CT molecular complexity index is 1070. The van der Waals surface area contributed by atoms with E-state index in [0.717, 1.165) is 0 Å². The lowest BCUT2D eigenvalue weighted by molar-refractivity contribution is 0.0569. The highest BCUT2D eigenvalue weighted by Crippen LogP contribution is 2.25. The number of aromatic amines is 1. The van der Waals surface area contributed by atoms with Crippen molar-refractivity contribution >= 4 is 23.8 Å². The molecule has 2 N–H and O–H groups in total. The molecule has 10 nitrogen and oxygen atoms in total. The Morgan fingerprint density at radius 3 is 2.39 bits per heavy atom. The molecule has 3 heterocycles. The highest BCUT2D eigenvalue weighted by atomic mass is 16.6. The van der Waals surface area contributed by atoms with E-state index in [1.807, 2.05) is 18.7 Å². The van der Waals surface area contributed by atoms with Crippen molar-refractivity contribution in [2.75, 3.05) is 36.0 Å². The van der Waals surface area contributed by atoms with Crippen molar-refractivity contribution < 1.29 is 19.4 Å². The Labute approximate surface area is 192 Å². The van der Waals surface area contributed by atoms with Gasteiger partial charge in [0.15, 0.2) is 5.43 Å². The fourth-order valence-corrected chi connectivity index (χ4v) is 3.59. The van der Waals surface area contributed by atoms with Gasteiger partial charge in [-0.1, -0.05) is 0 Å². The molecule has 1 saturated heterocycles. The molecule has 2 aromatic rings. The first-order valence-corrected chi connectivity index (χ1v) is 10.9. The lowest BCUT2D eigenvalue weighted by Crippen LogP contribution is -2.48. The minimum atomic E-state index is -0.944. The molecule has 0 unspecified atom stereocenters. The first-order chi connectivity index (χ1) is 15.4. The molecule has 0 spiro atoms. The molecule has 0 saturated carbocycles. The van der Waals surface area contributed by atoms with Crippen LogP contribution in [0.25, 0.3) is 11.3 Å². The summed E-state index contributed by atoms with van der Waals surface area (Å²) in [7, 11) is 0. The summed E-state index contributed by atoms with van der Waals surface area (Å²) >= 11 is 0. The molecular formula is C23H31N5O5. The Hall–Kier alpha value is -3.56. The van der Waals surface area contributed by atoms with Gasteiger partial charge in [0.25, 0.3) is 0 Å². The molecule has 0 atom stereocenters. The summed E-state index contributed by atoms with van der Waals surface area (Å²) in [6.07, 6.45) is 0.141. The van der Waals surface area contributed by atoms with Gasteiger partial charge in [-0.3, -0.25) is 9.69 Å². The third-order valence-corrected chi connectivity index (χ3v) is 5.13. The third-order valence-electron chi connectivity index (χ3n) is 5.13. The number of rotatable bonds is 4. The zero-order chi connectivity index (χ0) is 24.3. The zero-order valence-corrected chi connectivity index (χ0v) is 19.7. The van der Waals surface area contributed by atoms with Gasteiger partial charge in [0.1, 0.15) is 17.2 Å². The van der Waals surface area contributed by atoms with E-state index in [1.165, 1.54) is 21.9 Å². The highest BCUT2D eigenvalue weighted by molar-refractivity contribution is 5.88. The molecule has 0 bridgehead atoms. The molecule has 1 aliphatic heterocycles. The third kappa shape index (κ3) is 6.03. The van der Waals surface area contributed by atoms with Crippen LogP contribution >= 0.6 is 0 Å². The number of hydrogen-bond donors (Lipinski definition) is 2. The van der Waals surface area contributed by atoms with Gasteiger partial charge >= 0.3 is 12.2 Å². The molecule has 33 heavy (non-hydrogen) atoms. The minimum absolute atomic E-state index is 0.175. The Morgan fingerprint density at radius 2 is 1.82 bits per heavy atom. The number of piperazine rings is 1. The molecule has 10 heteroatoms. The van der Waals surface area contributed by atoms with E-state index in [-0.39, 0.29) is 11.5 Å². The predicted octanol–water partition coefficient (Wildman–Crippen LogP) is 3.39. The van der Waals surface area contributed by atoms with Crippen molar-refractivity contribution in [1.29, 1.82) is 0 Å². The van der Waals surface area contributed by atoms with Gasteiger partial charge in [-0.05, 0) is 46.8 Å². The first kappa shape index (κ1) is 24.1. The minimum Gasteiger partial charge on any atom is -0.465 e. The smallest absolute Gasteiger partial charge is 0.416 e. The molecule has 0 radical (unpaired) electrons. The number of H-pyrrole nitrogens is 1. The van der Waals surface area contributed by atoms with Gasteiger partial charge < -0.3 is 24.6 Å². The van der Waals surface area contributed by atoms with Gasteiger partial charge in [-0.15, -0.1) is 0 Å². The number of ether oxygens (including phenoxy) is 1. The molecule has 0 aromatic carbocycles. The molecule has 0 aliphatic carbocycles. The second-order valence-corrected chi connectivity index (χ2v) is 9.22. The number of carbonyl (C=O) groups excluding carboxylic acids is 1. The maximum absolute atomic E-state index is 12.8. The lowest BCUT2D eigenvalue weighted by atomic mass is 10.1. The topological polar surface area (TPSA) is 119 Å². The maximum Gasteiger partial charge on any atom is 0.416 e. The van der Waals surface area contributed by atoms with Gasteiger partial charge in [0.05, 0.1) is 5.69 Å². The monoisotopic (exact) mass is 457 g/mol. The second-order valence-electron chi connectivity index (χ2n) is 9.22. The van der Waals surface area contributed by atoms with Crippen molar-refractivity contribution in [3.05, 3.63) is 40.7 Å². The number of aromatic nitrogens is 2. The Kier molecular flexibility index (Phi) is 6.95. The summed E-state index contributed by atoms with van der Waals surface area (Å²) in [6, 6.07) is 6.29. The maximum atomic E-state index is 12.8. The second kappa shape index (κ2) is 9.51. The number of amides is 2. The summed E-state index contributed by atoms with van der Waals surface area (Å²) in [5, 5.41) is 9.15. The van der Waals surface area contributed by atoms with E-state index >= 15 is 0 Å². The van der Waals surface area contributed by atoms with E-state index in [4.69, 9.17) is 9.84 Å². The normalized spacial score (nSPS) is 14.4. The number of pyridine rings is 2. The van der Waals surface area contributed by atoms with Crippen LogP contribution in [0.2, 0.25) is 0 Å². The van der Waals surface area contributed by atoms with Crippen LogP contribution in [0.5, 0.6) is 0 Å². The average molecular weight is 458 g/mol. The fraction of sp³-hybridized carbons (Fsp3) is 0.478. The van der Waals surface area contributed by atoms with E-state index in [9.17, 15) is 14.4 Å². The van der Waals surface area contributed by atoms with Gasteiger partial charge in [0, 0.05) is 56.1 Å². The van der Waals surface area contributed by atoms with Crippen LogP contribution in [-0.2, 0) is 4.74 Å². The molecule has 3 rings (SSSR count). The van der Waals surface area contributed by atoms with Crippen LogP contribution in [0.4, 0.5) is 21.2 Å². The van der Waals surface area contributed by atoms with Gasteiger partial charge in [-0.2, -0.15) is 0 Å². The van der Waals surface area contributed by atoms with Crippen LogP contribution in [0, 0.1) is 0 Å². The largest absolute Gasteiger partial charge is 0.465 e. The summed E-state index contributed by atoms with van der Waals surface area (Å²) in [5.74, 6) is 1.03. The van der Waals surface area contributed by atoms with Crippen LogP contribution in [0.15, 0.2) is 35.3 Å². The highest BCUT2D eigenvalue weighted by Gasteiger charge is 2.27. The van der Waals surface area contributed by atoms with E-state index in [2.05, 4.69) is 9.97 Å². The number of carboxylic acid groups (broad SMARTS) is 1. The summed E-state index contributed by atoms with van der Waals surface area (Å²) < 4.78 is 5.54. The molecule has 178 valence electrons. The molecule has 2 amide bonds. The van der Waals surface area contributed by atoms with Crippen LogP contribution in [0.1, 0.15) is 34.6 Å². The van der Waals surface area contributed by atoms with Crippen molar-refractivity contribution in [3.63, 3.8) is 0 Å². The van der Waals surface area contributed by atoms with Gasteiger partial charge in [0.2, 0.25) is 0 Å². The zero-order valence-electron chi connectivity index (χ0n) is 19.7. The molecular weight excluding hydrogens is 426 g/mol. The van der Waals surface area contributed by atoms with Crippen molar-refractivity contribution in [2.45, 2.75) is 46.3 Å². The first-order valence-electron chi connectivity index (χ1n) is 10.9. The Morgan fingerprint density at radius 1 is 1.15 bits per heavy atom. The summed E-state index contributed by atoms with van der Waals surface area (Å²) in [6.45, 7) is 10.8. The van der Waals surface area contributed by atoms with E-state index in [0.29, 0.717) is 49.1 Å². The molecule has 1 aliphatic rings. The Balaban J connectivity index is 1.90. The van der Waals surface area contributed by atoms with Crippen LogP contribution in [-0.4, -0.2) is 70.0 Å². The number of carbonyl (C=O) groups is 2. The van der Waals surface area contributed by atoms with Crippen molar-refractivity contribution in [1.82, 2.24) is 14.9 Å². The SMILES string of the molecule is CC(C)N(C(=O)OC(C)(C)C)c1cc(-c2cc(=O)cc(N3CCN(C(=O)O)CC3)[nH]2)ccn1. The van der Waals surface area contributed by atoms with Crippen molar-refractivity contribution in [3.8, 4) is 11.3 Å². The quantitative estimate of drug-likeness (QED) is 0.722. The number of anilines is 2. The van der Waals surface area contributed by atoms with E-state index < -0.39 is 17.8 Å². The standard InChI is InChI=1S/C23H31N5O5/c1-15(2)28(22(32)33-23(3,4)5)19-12-16(6-7-24-19)18-13-17(29)14-20(25-18)26-8-10-27(11-9-26)21(30)31/h6-7,12-15H,8-11H2,1-5H3,(H,25,29)(H,30,31). The fourth-order valence-electron chi connectivity index (χ4n) is 3.59. The lowest BCUT2D eigenvalue weighted by Gasteiger charge is -2.34. The average Bonchev–Trinajstić information content (AvgIpc) is 2.72. The number of nitrogens with zero attached hydrogens (tertiary/aromatic N) is 4. The summed E-state index contributed by atoms with van der Waals surface area (Å²) in [5.41, 5.74) is 0.448. The van der Waals surface area contributed by atoms with Crippen LogP contribution < -0.4 is 15.2 Å². The van der Waals surface area contributed by atoms with Crippen molar-refractivity contribution in [2.24, 2.45) is 0 Å². The van der Waals surface area contributed by atoms with Crippen LogP contribution in [0.3, 0.4) is 0 Å². The molecule has 2 aromatic heterocycles. The van der Waals surface area contributed by atoms with Gasteiger partial charge in [-0.25, -0.2) is 14.6 Å². The summed E-state index contributed by atoms with van der Waals surface area (Å²) in [4.78, 5) is 48.8. The van der Waals surface area contributed by atoms with E-state index in [1.54, 1.807) is 39.1 Å². The number of hydrogen-bond acceptors (Lipinski definition) is 6. The predicted molar refractivity (Wildman–Crippen MR) is 126 cm³/mol.